The van der Waals surface area contributed by atoms with Gasteiger partial charge in [-0.15, -0.1) is 10.2 Å². The minimum atomic E-state index is -1.21. The van der Waals surface area contributed by atoms with Crippen molar-refractivity contribution in [3.05, 3.63) is 35.0 Å². The van der Waals surface area contributed by atoms with Gasteiger partial charge in [0.05, 0.1) is 21.6 Å². The zero-order valence-corrected chi connectivity index (χ0v) is 13.0. The largest absolute Gasteiger partial charge is 0.311 e. The highest BCUT2D eigenvalue weighted by Gasteiger charge is 2.36. The number of hydrogen-bond donors (Lipinski definition) is 0. The van der Waals surface area contributed by atoms with Gasteiger partial charge in [-0.05, 0) is 37.8 Å². The van der Waals surface area contributed by atoms with Gasteiger partial charge < -0.3 is 4.57 Å². The molecule has 2 aromatic rings. The van der Waals surface area contributed by atoms with Gasteiger partial charge in [-0.1, -0.05) is 11.6 Å². The van der Waals surface area contributed by atoms with Gasteiger partial charge in [0.15, 0.2) is 0 Å². The topological polar surface area (TPSA) is 60.7 Å². The van der Waals surface area contributed by atoms with E-state index in [0.29, 0.717) is 27.8 Å². The fourth-order valence-corrected chi connectivity index (χ4v) is 3.56. The fourth-order valence-electron chi connectivity index (χ4n) is 2.47. The Bertz CT molecular complexity index is 691. The van der Waals surface area contributed by atoms with Crippen LogP contribution in [0.1, 0.15) is 49.3 Å². The van der Waals surface area contributed by atoms with Crippen molar-refractivity contribution >= 4 is 22.4 Å². The molecule has 0 amide bonds. The lowest BCUT2D eigenvalue weighted by atomic mass is 10.4. The summed E-state index contributed by atoms with van der Waals surface area (Å²) < 4.78 is 14.7. The molecule has 4 rings (SSSR count). The highest BCUT2D eigenvalue weighted by atomic mass is 35.5. The van der Waals surface area contributed by atoms with Crippen LogP contribution in [0.3, 0.4) is 0 Å². The normalized spacial score (nSPS) is 19.7. The first-order valence-corrected chi connectivity index (χ1v) is 8.85. The SMILES string of the molecule is O=[S@@](Cc1nnc(C2CC2)n1C1CC1)c1ccc(Cl)cn1. The van der Waals surface area contributed by atoms with E-state index in [1.54, 1.807) is 12.1 Å². The van der Waals surface area contributed by atoms with E-state index in [4.69, 9.17) is 11.6 Å². The summed E-state index contributed by atoms with van der Waals surface area (Å²) in [5.74, 6) is 2.85. The fraction of sp³-hybridized carbons (Fsp3) is 0.500. The van der Waals surface area contributed by atoms with E-state index in [2.05, 4.69) is 19.7 Å². The van der Waals surface area contributed by atoms with Crippen LogP contribution in [0.15, 0.2) is 23.4 Å². The Hall–Kier alpha value is -1.27. The third-order valence-corrected chi connectivity index (χ3v) is 5.29. The standard InChI is InChI=1S/C14H15ClN4OS/c15-10-3-6-13(16-7-10)21(20)8-12-17-18-14(9-1-2-9)19(12)11-4-5-11/h3,6-7,9,11H,1-2,4-5,8H2/t21-/m0/s1. The molecular weight excluding hydrogens is 308 g/mol. The number of halogens is 1. The van der Waals surface area contributed by atoms with Crippen LogP contribution in [0.5, 0.6) is 0 Å². The Labute approximate surface area is 130 Å². The number of nitrogens with zero attached hydrogens (tertiary/aromatic N) is 4. The first-order chi connectivity index (χ1) is 10.2. The van der Waals surface area contributed by atoms with Crippen LogP contribution in [0.4, 0.5) is 0 Å². The third kappa shape index (κ3) is 2.74. The first kappa shape index (κ1) is 13.4. The number of rotatable bonds is 5. The minimum absolute atomic E-state index is 0.366. The monoisotopic (exact) mass is 322 g/mol. The molecule has 0 unspecified atom stereocenters. The molecule has 1 atom stereocenters. The van der Waals surface area contributed by atoms with Gasteiger partial charge in [0.1, 0.15) is 16.7 Å². The zero-order valence-electron chi connectivity index (χ0n) is 11.4. The van der Waals surface area contributed by atoms with Gasteiger partial charge in [0, 0.05) is 18.2 Å². The maximum absolute atomic E-state index is 12.4. The van der Waals surface area contributed by atoms with Gasteiger partial charge in [-0.3, -0.25) is 4.21 Å². The maximum Gasteiger partial charge on any atom is 0.146 e. The Morgan fingerprint density at radius 2 is 2.05 bits per heavy atom. The van der Waals surface area contributed by atoms with Crippen LogP contribution < -0.4 is 0 Å². The molecular formula is C14H15ClN4OS. The lowest BCUT2D eigenvalue weighted by Crippen LogP contribution is -2.08. The molecule has 2 fully saturated rings. The van der Waals surface area contributed by atoms with Crippen LogP contribution in [-0.4, -0.2) is 24.0 Å². The van der Waals surface area contributed by atoms with E-state index in [1.165, 1.54) is 31.9 Å². The average Bonchev–Trinajstić information content (AvgIpc) is 3.39. The Morgan fingerprint density at radius 3 is 2.67 bits per heavy atom. The number of hydrogen-bond acceptors (Lipinski definition) is 4. The number of pyridine rings is 1. The summed E-state index contributed by atoms with van der Waals surface area (Å²) in [4.78, 5) is 4.13. The third-order valence-electron chi connectivity index (χ3n) is 3.84. The molecule has 0 N–H and O–H groups in total. The van der Waals surface area contributed by atoms with Crippen LogP contribution in [0.25, 0.3) is 0 Å². The molecule has 2 aliphatic rings. The minimum Gasteiger partial charge on any atom is -0.311 e. The average molecular weight is 323 g/mol. The van der Waals surface area contributed by atoms with Crippen LogP contribution >= 0.6 is 11.6 Å². The molecule has 2 heterocycles. The molecule has 2 aromatic heterocycles. The van der Waals surface area contributed by atoms with Crippen molar-refractivity contribution in [2.24, 2.45) is 0 Å². The molecule has 2 aliphatic carbocycles. The summed E-state index contributed by atoms with van der Waals surface area (Å²) in [6.07, 6.45) is 6.28. The Morgan fingerprint density at radius 1 is 1.24 bits per heavy atom. The summed E-state index contributed by atoms with van der Waals surface area (Å²) in [6, 6.07) is 3.93. The zero-order chi connectivity index (χ0) is 14.4. The second-order valence-electron chi connectivity index (χ2n) is 5.65. The molecule has 0 aliphatic heterocycles. The van der Waals surface area contributed by atoms with Gasteiger partial charge >= 0.3 is 0 Å². The van der Waals surface area contributed by atoms with Crippen molar-refractivity contribution in [1.29, 1.82) is 0 Å². The molecule has 0 radical (unpaired) electrons. The van der Waals surface area contributed by atoms with Gasteiger partial charge in [-0.2, -0.15) is 0 Å². The van der Waals surface area contributed by atoms with Crippen LogP contribution in [-0.2, 0) is 16.6 Å². The lowest BCUT2D eigenvalue weighted by Gasteiger charge is -2.08. The molecule has 21 heavy (non-hydrogen) atoms. The van der Waals surface area contributed by atoms with Gasteiger partial charge in [-0.25, -0.2) is 4.98 Å². The molecule has 0 bridgehead atoms. The van der Waals surface area contributed by atoms with Crippen LogP contribution in [0, 0.1) is 0 Å². The summed E-state index contributed by atoms with van der Waals surface area (Å²) in [5.41, 5.74) is 0. The highest BCUT2D eigenvalue weighted by Crippen LogP contribution is 2.44. The van der Waals surface area contributed by atoms with E-state index >= 15 is 0 Å². The van der Waals surface area contributed by atoms with Crippen LogP contribution in [0.2, 0.25) is 5.02 Å². The van der Waals surface area contributed by atoms with Gasteiger partial charge in [0.25, 0.3) is 0 Å². The highest BCUT2D eigenvalue weighted by molar-refractivity contribution is 7.84. The first-order valence-electron chi connectivity index (χ1n) is 7.16. The van der Waals surface area contributed by atoms with E-state index in [9.17, 15) is 4.21 Å². The molecule has 110 valence electrons. The summed E-state index contributed by atoms with van der Waals surface area (Å²) >= 11 is 5.81. The molecule has 0 saturated heterocycles. The number of aromatic nitrogens is 4. The van der Waals surface area contributed by atoms with E-state index in [-0.39, 0.29) is 0 Å². The molecule has 7 heteroatoms. The van der Waals surface area contributed by atoms with Crippen molar-refractivity contribution in [3.8, 4) is 0 Å². The van der Waals surface area contributed by atoms with Gasteiger partial charge in [0.2, 0.25) is 0 Å². The second kappa shape index (κ2) is 5.18. The van der Waals surface area contributed by atoms with Crippen molar-refractivity contribution < 1.29 is 4.21 Å². The summed E-state index contributed by atoms with van der Waals surface area (Å²) in [6.45, 7) is 0. The molecule has 2 saturated carbocycles. The smallest absolute Gasteiger partial charge is 0.146 e. The predicted molar refractivity (Wildman–Crippen MR) is 79.6 cm³/mol. The van der Waals surface area contributed by atoms with Crippen molar-refractivity contribution in [1.82, 2.24) is 19.7 Å². The molecule has 0 spiro atoms. The van der Waals surface area contributed by atoms with Crippen molar-refractivity contribution in [2.45, 2.75) is 48.4 Å². The van der Waals surface area contributed by atoms with E-state index in [0.717, 1.165) is 11.6 Å². The quantitative estimate of drug-likeness (QED) is 0.849. The van der Waals surface area contributed by atoms with Crippen molar-refractivity contribution in [3.63, 3.8) is 0 Å². The summed E-state index contributed by atoms with van der Waals surface area (Å²) in [7, 11) is -1.21. The maximum atomic E-state index is 12.4. The molecule has 0 aromatic carbocycles. The van der Waals surface area contributed by atoms with E-state index in [1.807, 2.05) is 0 Å². The van der Waals surface area contributed by atoms with Crippen molar-refractivity contribution in [2.75, 3.05) is 0 Å². The predicted octanol–water partition coefficient (Wildman–Crippen LogP) is 2.85. The lowest BCUT2D eigenvalue weighted by molar-refractivity contribution is 0.650. The Balaban J connectivity index is 1.59. The second-order valence-corrected chi connectivity index (χ2v) is 7.49. The Kier molecular flexibility index (Phi) is 3.30. The van der Waals surface area contributed by atoms with E-state index < -0.39 is 10.8 Å². The molecule has 5 nitrogen and oxygen atoms in total. The summed E-state index contributed by atoms with van der Waals surface area (Å²) in [5, 5.41) is 9.71.